The Hall–Kier alpha value is -2.05. The summed E-state index contributed by atoms with van der Waals surface area (Å²) in [6, 6.07) is 11.7. The van der Waals surface area contributed by atoms with Gasteiger partial charge in [0.2, 0.25) is 15.9 Å². The van der Waals surface area contributed by atoms with Crippen LogP contribution in [0.5, 0.6) is 0 Å². The molecular weight excluding hydrogens is 384 g/mol. The van der Waals surface area contributed by atoms with E-state index in [0.29, 0.717) is 17.3 Å². The fourth-order valence-electron chi connectivity index (χ4n) is 2.93. The van der Waals surface area contributed by atoms with Gasteiger partial charge in [0, 0.05) is 18.6 Å². The number of anilines is 1. The molecule has 1 amide bonds. The average Bonchev–Trinajstić information content (AvgIpc) is 2.58. The molecule has 2 aromatic carbocycles. The number of carbonyl (C=O) groups excluding carboxylic acids is 1. The van der Waals surface area contributed by atoms with E-state index in [4.69, 9.17) is 11.6 Å². The summed E-state index contributed by atoms with van der Waals surface area (Å²) in [7, 11) is -1.97. The largest absolute Gasteiger partial charge is 0.340 e. The molecule has 0 fully saturated rings. The van der Waals surface area contributed by atoms with Crippen molar-refractivity contribution in [3.63, 3.8) is 0 Å². The molecule has 146 valence electrons. The Morgan fingerprint density at radius 3 is 2.19 bits per heavy atom. The van der Waals surface area contributed by atoms with Gasteiger partial charge in [-0.1, -0.05) is 29.8 Å². The van der Waals surface area contributed by atoms with E-state index >= 15 is 0 Å². The summed E-state index contributed by atoms with van der Waals surface area (Å²) in [6.07, 6.45) is 1.12. The Bertz CT molecular complexity index is 927. The van der Waals surface area contributed by atoms with Crippen molar-refractivity contribution >= 4 is 33.2 Å². The van der Waals surface area contributed by atoms with Crippen molar-refractivity contribution in [1.29, 1.82) is 0 Å². The summed E-state index contributed by atoms with van der Waals surface area (Å²) in [6.45, 7) is 5.85. The normalized spacial score (nSPS) is 12.5. The standard InChI is InChI=1S/C20H25ClN2O3S/c1-14-6-11-19(12-15(14)2)23(27(5,25)26)16(3)20(24)22(4)13-17-7-9-18(21)10-8-17/h6-12,16H,13H2,1-5H3/t16-/m1/s1. The summed E-state index contributed by atoms with van der Waals surface area (Å²) < 4.78 is 26.0. The molecule has 0 aliphatic heterocycles. The number of nitrogens with zero attached hydrogens (tertiary/aromatic N) is 2. The van der Waals surface area contributed by atoms with Crippen molar-refractivity contribution < 1.29 is 13.2 Å². The van der Waals surface area contributed by atoms with Gasteiger partial charge in [-0.15, -0.1) is 0 Å². The highest BCUT2D eigenvalue weighted by molar-refractivity contribution is 7.92. The molecular formula is C20H25ClN2O3S. The molecule has 0 spiro atoms. The number of halogens is 1. The van der Waals surface area contributed by atoms with Gasteiger partial charge in [-0.3, -0.25) is 9.10 Å². The third kappa shape index (κ3) is 5.23. The minimum absolute atomic E-state index is 0.284. The minimum atomic E-state index is -3.64. The van der Waals surface area contributed by atoms with E-state index in [1.165, 1.54) is 9.21 Å². The molecule has 27 heavy (non-hydrogen) atoms. The van der Waals surface area contributed by atoms with Crippen LogP contribution in [0.4, 0.5) is 5.69 Å². The molecule has 7 heteroatoms. The average molecular weight is 409 g/mol. The number of benzene rings is 2. The number of hydrogen-bond donors (Lipinski definition) is 0. The van der Waals surface area contributed by atoms with Gasteiger partial charge in [0.1, 0.15) is 6.04 Å². The molecule has 0 bridgehead atoms. The van der Waals surface area contributed by atoms with E-state index in [9.17, 15) is 13.2 Å². The van der Waals surface area contributed by atoms with Crippen LogP contribution in [-0.2, 0) is 21.4 Å². The van der Waals surface area contributed by atoms with Crippen LogP contribution in [-0.4, -0.2) is 38.6 Å². The summed E-state index contributed by atoms with van der Waals surface area (Å²) in [5.74, 6) is -0.284. The number of likely N-dealkylation sites (N-methyl/N-ethyl adjacent to an activating group) is 1. The lowest BCUT2D eigenvalue weighted by atomic mass is 10.1. The maximum absolute atomic E-state index is 12.9. The molecule has 1 atom stereocenters. The molecule has 0 heterocycles. The lowest BCUT2D eigenvalue weighted by molar-refractivity contribution is -0.131. The number of rotatable bonds is 6. The van der Waals surface area contributed by atoms with Crippen molar-refractivity contribution in [3.8, 4) is 0 Å². The second kappa shape index (κ2) is 8.31. The predicted octanol–water partition coefficient (Wildman–Crippen LogP) is 3.77. The van der Waals surface area contributed by atoms with Crippen molar-refractivity contribution in [1.82, 2.24) is 4.90 Å². The first kappa shape index (κ1) is 21.3. The fraction of sp³-hybridized carbons (Fsp3) is 0.350. The topological polar surface area (TPSA) is 57.7 Å². The van der Waals surface area contributed by atoms with E-state index in [-0.39, 0.29) is 5.91 Å². The van der Waals surface area contributed by atoms with Crippen LogP contribution in [0.3, 0.4) is 0 Å². The molecule has 5 nitrogen and oxygen atoms in total. The predicted molar refractivity (Wildman–Crippen MR) is 111 cm³/mol. The lowest BCUT2D eigenvalue weighted by Gasteiger charge is -2.31. The van der Waals surface area contributed by atoms with E-state index in [1.807, 2.05) is 32.0 Å². The van der Waals surface area contributed by atoms with Gasteiger partial charge in [0.05, 0.1) is 11.9 Å². The quantitative estimate of drug-likeness (QED) is 0.731. The Morgan fingerprint density at radius 2 is 1.67 bits per heavy atom. The molecule has 0 saturated heterocycles. The molecule has 0 unspecified atom stereocenters. The molecule has 0 aliphatic carbocycles. The maximum Gasteiger partial charge on any atom is 0.246 e. The van der Waals surface area contributed by atoms with Crippen LogP contribution in [0.2, 0.25) is 5.02 Å². The van der Waals surface area contributed by atoms with Crippen molar-refractivity contribution in [3.05, 3.63) is 64.2 Å². The van der Waals surface area contributed by atoms with Gasteiger partial charge < -0.3 is 4.90 Å². The second-order valence-corrected chi connectivity index (χ2v) is 9.12. The summed E-state index contributed by atoms with van der Waals surface area (Å²) in [5, 5.41) is 0.624. The van der Waals surface area contributed by atoms with Gasteiger partial charge in [0.15, 0.2) is 0 Å². The van der Waals surface area contributed by atoms with Crippen molar-refractivity contribution in [2.45, 2.75) is 33.4 Å². The highest BCUT2D eigenvalue weighted by Gasteiger charge is 2.31. The Labute approximate surface area is 166 Å². The Kier molecular flexibility index (Phi) is 6.54. The van der Waals surface area contributed by atoms with Gasteiger partial charge in [-0.25, -0.2) is 8.42 Å². The lowest BCUT2D eigenvalue weighted by Crippen LogP contribution is -2.48. The first-order chi connectivity index (χ1) is 12.5. The van der Waals surface area contributed by atoms with Crippen LogP contribution in [0.1, 0.15) is 23.6 Å². The zero-order valence-corrected chi connectivity index (χ0v) is 17.8. The van der Waals surface area contributed by atoms with Crippen LogP contribution in [0.25, 0.3) is 0 Å². The first-order valence-corrected chi connectivity index (χ1v) is 10.8. The first-order valence-electron chi connectivity index (χ1n) is 8.57. The molecule has 0 N–H and O–H groups in total. The monoisotopic (exact) mass is 408 g/mol. The van der Waals surface area contributed by atoms with Gasteiger partial charge in [0.25, 0.3) is 0 Å². The van der Waals surface area contributed by atoms with E-state index in [2.05, 4.69) is 0 Å². The third-order valence-electron chi connectivity index (χ3n) is 4.52. The summed E-state index contributed by atoms with van der Waals surface area (Å²) >= 11 is 5.89. The molecule has 0 saturated carbocycles. The molecule has 0 radical (unpaired) electrons. The van der Waals surface area contributed by atoms with Crippen molar-refractivity contribution in [2.75, 3.05) is 17.6 Å². The second-order valence-electron chi connectivity index (χ2n) is 6.82. The molecule has 2 rings (SSSR count). The zero-order chi connectivity index (χ0) is 20.4. The van der Waals surface area contributed by atoms with Crippen LogP contribution in [0, 0.1) is 13.8 Å². The minimum Gasteiger partial charge on any atom is -0.340 e. The van der Waals surface area contributed by atoms with Gasteiger partial charge >= 0.3 is 0 Å². The highest BCUT2D eigenvalue weighted by atomic mass is 35.5. The highest BCUT2D eigenvalue weighted by Crippen LogP contribution is 2.24. The number of amides is 1. The number of sulfonamides is 1. The van der Waals surface area contributed by atoms with E-state index in [1.54, 1.807) is 38.2 Å². The van der Waals surface area contributed by atoms with Gasteiger partial charge in [-0.05, 0) is 61.7 Å². The number of aryl methyl sites for hydroxylation is 2. The van der Waals surface area contributed by atoms with E-state index < -0.39 is 16.1 Å². The van der Waals surface area contributed by atoms with E-state index in [0.717, 1.165) is 22.9 Å². The fourth-order valence-corrected chi connectivity index (χ4v) is 4.21. The van der Waals surface area contributed by atoms with Crippen LogP contribution >= 0.6 is 11.6 Å². The number of carbonyl (C=O) groups is 1. The van der Waals surface area contributed by atoms with Crippen LogP contribution < -0.4 is 4.31 Å². The molecule has 2 aromatic rings. The Morgan fingerprint density at radius 1 is 1.07 bits per heavy atom. The summed E-state index contributed by atoms with van der Waals surface area (Å²) in [4.78, 5) is 14.4. The third-order valence-corrected chi connectivity index (χ3v) is 6.01. The molecule has 0 aromatic heterocycles. The maximum atomic E-state index is 12.9. The van der Waals surface area contributed by atoms with Gasteiger partial charge in [-0.2, -0.15) is 0 Å². The molecule has 0 aliphatic rings. The summed E-state index contributed by atoms with van der Waals surface area (Å²) in [5.41, 5.74) is 3.43. The smallest absolute Gasteiger partial charge is 0.246 e. The van der Waals surface area contributed by atoms with Crippen LogP contribution in [0.15, 0.2) is 42.5 Å². The van der Waals surface area contributed by atoms with Crippen molar-refractivity contribution in [2.24, 2.45) is 0 Å². The Balaban J connectivity index is 2.28. The SMILES string of the molecule is Cc1ccc(N([C@H](C)C(=O)N(C)Cc2ccc(Cl)cc2)S(C)(=O)=O)cc1C. The number of hydrogen-bond acceptors (Lipinski definition) is 3. The zero-order valence-electron chi connectivity index (χ0n) is 16.2.